The number of hydrogen-bond acceptors (Lipinski definition) is 9. The van der Waals surface area contributed by atoms with E-state index in [1.807, 2.05) is 6.07 Å². The molecule has 0 unspecified atom stereocenters. The zero-order chi connectivity index (χ0) is 23.4. The summed E-state index contributed by atoms with van der Waals surface area (Å²) in [7, 11) is 1.45. The molecule has 1 saturated heterocycles. The van der Waals surface area contributed by atoms with E-state index < -0.39 is 23.6 Å². The minimum Gasteiger partial charge on any atom is -0.493 e. The van der Waals surface area contributed by atoms with Crippen LogP contribution in [0.5, 0.6) is 23.0 Å². The van der Waals surface area contributed by atoms with Crippen molar-refractivity contribution in [1.29, 1.82) is 5.26 Å². The molecular formula is C22H17N3O7S. The monoisotopic (exact) mass is 467 g/mol. The van der Waals surface area contributed by atoms with Gasteiger partial charge in [-0.25, -0.2) is 0 Å². The molecule has 2 aliphatic heterocycles. The molecule has 0 atom stereocenters. The summed E-state index contributed by atoms with van der Waals surface area (Å²) in [5, 5.41) is 10.7. The Morgan fingerprint density at radius 1 is 1.21 bits per heavy atom. The zero-order valence-corrected chi connectivity index (χ0v) is 18.1. The molecular weight excluding hydrogens is 450 g/mol. The number of nitriles is 1. The highest BCUT2D eigenvalue weighted by atomic mass is 32.2. The van der Waals surface area contributed by atoms with E-state index in [4.69, 9.17) is 24.2 Å². The second kappa shape index (κ2) is 9.54. The number of hydrogen-bond donors (Lipinski definition) is 1. The van der Waals surface area contributed by atoms with Crippen LogP contribution in [-0.2, 0) is 9.59 Å². The van der Waals surface area contributed by atoms with Crippen LogP contribution in [-0.4, -0.2) is 49.0 Å². The van der Waals surface area contributed by atoms with Crippen molar-refractivity contribution in [2.24, 2.45) is 0 Å². The first-order chi connectivity index (χ1) is 16.0. The van der Waals surface area contributed by atoms with Crippen molar-refractivity contribution >= 4 is 40.6 Å². The van der Waals surface area contributed by atoms with Crippen LogP contribution >= 0.6 is 11.8 Å². The molecule has 0 radical (unpaired) electrons. The fourth-order valence-corrected chi connectivity index (χ4v) is 3.95. The molecule has 10 nitrogen and oxygen atoms in total. The van der Waals surface area contributed by atoms with Gasteiger partial charge in [-0.05, 0) is 47.7 Å². The van der Waals surface area contributed by atoms with Crippen molar-refractivity contribution in [3.63, 3.8) is 0 Å². The quantitative estimate of drug-likeness (QED) is 0.611. The van der Waals surface area contributed by atoms with Crippen molar-refractivity contribution in [1.82, 2.24) is 4.90 Å². The maximum atomic E-state index is 12.7. The van der Waals surface area contributed by atoms with Gasteiger partial charge in [0, 0.05) is 11.8 Å². The SMILES string of the molecule is COc1cc(/C=C2\SC(=O)N(CC(=O)Nc3ccc4c(c3)OCO4)C2=O)ccc1OCC#N. The number of amides is 3. The van der Waals surface area contributed by atoms with E-state index >= 15 is 0 Å². The van der Waals surface area contributed by atoms with Gasteiger partial charge in [0.05, 0.1) is 12.0 Å². The van der Waals surface area contributed by atoms with E-state index in [-0.39, 0.29) is 18.3 Å². The van der Waals surface area contributed by atoms with Gasteiger partial charge in [-0.15, -0.1) is 0 Å². The molecule has 2 aromatic carbocycles. The molecule has 2 heterocycles. The number of ether oxygens (including phenoxy) is 4. The third-order valence-corrected chi connectivity index (χ3v) is 5.52. The predicted octanol–water partition coefficient (Wildman–Crippen LogP) is 3.00. The standard InChI is InChI=1S/C22H17N3O7S/c1-29-17-8-13(2-4-15(17)30-7-6-23)9-19-21(27)25(22(28)33-19)11-20(26)24-14-3-5-16-18(10-14)32-12-31-16/h2-5,8-10H,7,11-12H2,1H3,(H,24,26)/b19-9-. The predicted molar refractivity (Wildman–Crippen MR) is 118 cm³/mol. The van der Waals surface area contributed by atoms with Crippen molar-refractivity contribution in [2.75, 3.05) is 32.4 Å². The van der Waals surface area contributed by atoms with Crippen LogP contribution in [0.4, 0.5) is 10.5 Å². The number of carbonyl (C=O) groups is 3. The molecule has 11 heteroatoms. The summed E-state index contributed by atoms with van der Waals surface area (Å²) >= 11 is 0.740. The lowest BCUT2D eigenvalue weighted by molar-refractivity contribution is -0.127. The number of methoxy groups -OCH3 is 1. The van der Waals surface area contributed by atoms with Crippen LogP contribution in [0.25, 0.3) is 6.08 Å². The fourth-order valence-electron chi connectivity index (χ4n) is 3.11. The molecule has 0 saturated carbocycles. The first-order valence-electron chi connectivity index (χ1n) is 9.61. The van der Waals surface area contributed by atoms with Gasteiger partial charge in [0.1, 0.15) is 12.6 Å². The van der Waals surface area contributed by atoms with E-state index in [1.54, 1.807) is 36.4 Å². The Kier molecular flexibility index (Phi) is 6.37. The molecule has 0 aromatic heterocycles. The summed E-state index contributed by atoms with van der Waals surface area (Å²) in [6.45, 7) is -0.457. The lowest BCUT2D eigenvalue weighted by Gasteiger charge is -2.12. The van der Waals surface area contributed by atoms with Crippen LogP contribution in [0.3, 0.4) is 0 Å². The Bertz CT molecular complexity index is 1200. The first-order valence-corrected chi connectivity index (χ1v) is 10.4. The van der Waals surface area contributed by atoms with Gasteiger partial charge in [0.2, 0.25) is 12.7 Å². The number of anilines is 1. The average Bonchev–Trinajstić information content (AvgIpc) is 3.37. The average molecular weight is 467 g/mol. The van der Waals surface area contributed by atoms with Gasteiger partial charge < -0.3 is 24.3 Å². The van der Waals surface area contributed by atoms with E-state index in [9.17, 15) is 14.4 Å². The second-order valence-electron chi connectivity index (χ2n) is 6.74. The number of rotatable bonds is 7. The minimum atomic E-state index is -0.574. The highest BCUT2D eigenvalue weighted by molar-refractivity contribution is 8.18. The molecule has 0 bridgehead atoms. The normalized spacial score (nSPS) is 15.5. The Balaban J connectivity index is 1.43. The van der Waals surface area contributed by atoms with Gasteiger partial charge in [-0.1, -0.05) is 6.07 Å². The van der Waals surface area contributed by atoms with Crippen LogP contribution in [0.1, 0.15) is 5.56 Å². The fraction of sp³-hybridized carbons (Fsp3) is 0.182. The largest absolute Gasteiger partial charge is 0.493 e. The van der Waals surface area contributed by atoms with Gasteiger partial charge in [0.15, 0.2) is 29.6 Å². The lowest BCUT2D eigenvalue weighted by Crippen LogP contribution is -2.36. The topological polar surface area (TPSA) is 127 Å². The lowest BCUT2D eigenvalue weighted by atomic mass is 10.2. The molecule has 1 fully saturated rings. The molecule has 168 valence electrons. The summed E-state index contributed by atoms with van der Waals surface area (Å²) in [5.41, 5.74) is 1.05. The van der Waals surface area contributed by atoms with Gasteiger partial charge >= 0.3 is 0 Å². The van der Waals surface area contributed by atoms with E-state index in [1.165, 1.54) is 13.2 Å². The number of benzene rings is 2. The minimum absolute atomic E-state index is 0.108. The molecule has 33 heavy (non-hydrogen) atoms. The number of thioether (sulfide) groups is 1. The van der Waals surface area contributed by atoms with Crippen molar-refractivity contribution in [2.45, 2.75) is 0 Å². The third-order valence-electron chi connectivity index (χ3n) is 4.61. The second-order valence-corrected chi connectivity index (χ2v) is 7.73. The summed E-state index contributed by atoms with van der Waals surface area (Å²) in [6.07, 6.45) is 1.53. The molecule has 2 aliphatic rings. The van der Waals surface area contributed by atoms with Crippen LogP contribution in [0.2, 0.25) is 0 Å². The van der Waals surface area contributed by atoms with E-state index in [0.29, 0.717) is 34.2 Å². The van der Waals surface area contributed by atoms with Crippen LogP contribution < -0.4 is 24.3 Å². The molecule has 4 rings (SSSR count). The molecule has 3 amide bonds. The van der Waals surface area contributed by atoms with Gasteiger partial charge in [-0.3, -0.25) is 19.3 Å². The molecule has 0 spiro atoms. The number of fused-ring (bicyclic) bond motifs is 1. The summed E-state index contributed by atoms with van der Waals surface area (Å²) in [6, 6.07) is 11.7. The highest BCUT2D eigenvalue weighted by Crippen LogP contribution is 2.36. The number of imide groups is 1. The smallest absolute Gasteiger partial charge is 0.294 e. The van der Waals surface area contributed by atoms with Crippen LogP contribution in [0.15, 0.2) is 41.3 Å². The summed E-state index contributed by atoms with van der Waals surface area (Å²) in [5.74, 6) is 0.727. The van der Waals surface area contributed by atoms with Crippen molar-refractivity contribution in [3.05, 3.63) is 46.9 Å². The molecule has 2 aromatic rings. The first kappa shape index (κ1) is 22.0. The Morgan fingerprint density at radius 3 is 2.82 bits per heavy atom. The number of carbonyl (C=O) groups excluding carboxylic acids is 3. The Morgan fingerprint density at radius 2 is 2.03 bits per heavy atom. The van der Waals surface area contributed by atoms with Crippen molar-refractivity contribution < 1.29 is 33.3 Å². The highest BCUT2D eigenvalue weighted by Gasteiger charge is 2.36. The molecule has 0 aliphatic carbocycles. The van der Waals surface area contributed by atoms with Gasteiger partial charge in [-0.2, -0.15) is 5.26 Å². The number of nitrogens with zero attached hydrogens (tertiary/aromatic N) is 2. The van der Waals surface area contributed by atoms with Crippen molar-refractivity contribution in [3.8, 4) is 29.1 Å². The Labute approximate surface area is 192 Å². The van der Waals surface area contributed by atoms with Crippen LogP contribution in [0, 0.1) is 11.3 Å². The number of nitrogens with one attached hydrogen (secondary N) is 1. The summed E-state index contributed by atoms with van der Waals surface area (Å²) < 4.78 is 21.0. The maximum absolute atomic E-state index is 12.7. The zero-order valence-electron chi connectivity index (χ0n) is 17.3. The third kappa shape index (κ3) is 4.86. The van der Waals surface area contributed by atoms with Gasteiger partial charge in [0.25, 0.3) is 11.1 Å². The maximum Gasteiger partial charge on any atom is 0.294 e. The van der Waals surface area contributed by atoms with E-state index in [0.717, 1.165) is 16.7 Å². The van der Waals surface area contributed by atoms with E-state index in [2.05, 4.69) is 5.32 Å². The molecule has 1 N–H and O–H groups in total. The Hall–Kier alpha value is -4.17. The summed E-state index contributed by atoms with van der Waals surface area (Å²) in [4.78, 5) is 38.6.